The zero-order chi connectivity index (χ0) is 16.4. The van der Waals surface area contributed by atoms with Gasteiger partial charge in [-0.05, 0) is 22.9 Å². The number of rotatable bonds is 4. The summed E-state index contributed by atoms with van der Waals surface area (Å²) < 4.78 is 3.59. The van der Waals surface area contributed by atoms with Gasteiger partial charge in [0.15, 0.2) is 0 Å². The van der Waals surface area contributed by atoms with E-state index in [9.17, 15) is 9.59 Å². The number of halogens is 1. The van der Waals surface area contributed by atoms with E-state index >= 15 is 0 Å². The van der Waals surface area contributed by atoms with Gasteiger partial charge in [-0.1, -0.05) is 0 Å². The molecule has 2 aromatic rings. The Hall–Kier alpha value is -2.16. The Morgan fingerprint density at radius 3 is 2.45 bits per heavy atom. The van der Waals surface area contributed by atoms with Crippen molar-refractivity contribution in [1.29, 1.82) is 0 Å². The predicted molar refractivity (Wildman–Crippen MR) is 84.8 cm³/mol. The van der Waals surface area contributed by atoms with E-state index in [-0.39, 0.29) is 11.8 Å². The van der Waals surface area contributed by atoms with Crippen LogP contribution in [0.3, 0.4) is 0 Å². The Balaban J connectivity index is 2.36. The summed E-state index contributed by atoms with van der Waals surface area (Å²) >= 11 is 3.28. The second kappa shape index (κ2) is 6.30. The van der Waals surface area contributed by atoms with Crippen LogP contribution in [-0.2, 0) is 13.6 Å². The monoisotopic (exact) mass is 368 g/mol. The van der Waals surface area contributed by atoms with Gasteiger partial charge in [0.05, 0.1) is 22.6 Å². The largest absolute Gasteiger partial charge is 0.343 e. The highest BCUT2D eigenvalue weighted by molar-refractivity contribution is 9.10. The number of nitrogens with one attached hydrogen (secondary N) is 1. The SMILES string of the molecule is CCn1ncc(NC(=O)c2c(Br)cnn2C)c1C(=O)N(C)C. The lowest BCUT2D eigenvalue weighted by atomic mass is 10.3. The second-order valence-corrected chi connectivity index (χ2v) is 5.70. The molecule has 0 unspecified atom stereocenters. The van der Waals surface area contributed by atoms with E-state index in [4.69, 9.17) is 0 Å². The molecule has 0 saturated heterocycles. The summed E-state index contributed by atoms with van der Waals surface area (Å²) in [5, 5.41) is 10.9. The summed E-state index contributed by atoms with van der Waals surface area (Å²) in [6.45, 7) is 2.41. The Morgan fingerprint density at radius 2 is 1.95 bits per heavy atom. The average Bonchev–Trinajstić information content (AvgIpc) is 3.01. The average molecular weight is 369 g/mol. The molecule has 9 heteroatoms. The maximum absolute atomic E-state index is 12.4. The lowest BCUT2D eigenvalue weighted by Crippen LogP contribution is -2.27. The fourth-order valence-electron chi connectivity index (χ4n) is 2.00. The fraction of sp³-hybridized carbons (Fsp3) is 0.385. The summed E-state index contributed by atoms with van der Waals surface area (Å²) in [6, 6.07) is 0. The number of aromatic nitrogens is 4. The maximum atomic E-state index is 12.4. The summed E-state index contributed by atoms with van der Waals surface area (Å²) in [4.78, 5) is 26.1. The van der Waals surface area contributed by atoms with Gasteiger partial charge in [0.25, 0.3) is 11.8 Å². The van der Waals surface area contributed by atoms with Crippen LogP contribution in [0.2, 0.25) is 0 Å². The van der Waals surface area contributed by atoms with Crippen LogP contribution in [0.25, 0.3) is 0 Å². The molecule has 1 N–H and O–H groups in total. The molecule has 2 rings (SSSR count). The molecular formula is C13H17BrN6O2. The van der Waals surface area contributed by atoms with Gasteiger partial charge in [-0.15, -0.1) is 0 Å². The Kier molecular flexibility index (Phi) is 4.65. The molecule has 0 spiro atoms. The topological polar surface area (TPSA) is 85.0 Å². The molecule has 0 aliphatic carbocycles. The number of anilines is 1. The minimum absolute atomic E-state index is 0.223. The van der Waals surface area contributed by atoms with Gasteiger partial charge in [0, 0.05) is 27.7 Å². The molecule has 0 fully saturated rings. The van der Waals surface area contributed by atoms with Gasteiger partial charge in [-0.2, -0.15) is 10.2 Å². The lowest BCUT2D eigenvalue weighted by Gasteiger charge is -2.13. The summed E-state index contributed by atoms with van der Waals surface area (Å²) in [5.41, 5.74) is 1.09. The summed E-state index contributed by atoms with van der Waals surface area (Å²) in [5.74, 6) is -0.589. The molecular weight excluding hydrogens is 352 g/mol. The third kappa shape index (κ3) is 2.89. The normalized spacial score (nSPS) is 10.6. The summed E-state index contributed by atoms with van der Waals surface area (Å²) in [7, 11) is 4.97. The molecule has 0 aliphatic heterocycles. The van der Waals surface area contributed by atoms with E-state index in [2.05, 4.69) is 31.4 Å². The van der Waals surface area contributed by atoms with Gasteiger partial charge in [0.1, 0.15) is 11.4 Å². The van der Waals surface area contributed by atoms with Crippen LogP contribution in [0.1, 0.15) is 27.9 Å². The van der Waals surface area contributed by atoms with Gasteiger partial charge < -0.3 is 10.2 Å². The molecule has 0 aliphatic rings. The molecule has 0 aromatic carbocycles. The lowest BCUT2D eigenvalue weighted by molar-refractivity contribution is 0.0816. The quantitative estimate of drug-likeness (QED) is 0.882. The van der Waals surface area contributed by atoms with Crippen molar-refractivity contribution >= 4 is 33.4 Å². The maximum Gasteiger partial charge on any atom is 0.275 e. The first-order valence-electron chi connectivity index (χ1n) is 6.63. The fourth-order valence-corrected chi connectivity index (χ4v) is 2.53. The van der Waals surface area contributed by atoms with Crippen LogP contribution in [0, 0.1) is 0 Å². The molecule has 118 valence electrons. The zero-order valence-corrected chi connectivity index (χ0v) is 14.4. The van der Waals surface area contributed by atoms with E-state index in [0.29, 0.717) is 28.1 Å². The number of carbonyl (C=O) groups is 2. The number of hydrogen-bond acceptors (Lipinski definition) is 4. The third-order valence-corrected chi connectivity index (χ3v) is 3.69. The van der Waals surface area contributed by atoms with Gasteiger partial charge in [-0.25, -0.2) is 0 Å². The van der Waals surface area contributed by atoms with E-state index < -0.39 is 0 Å². The number of nitrogens with zero attached hydrogens (tertiary/aromatic N) is 5. The van der Waals surface area contributed by atoms with Crippen molar-refractivity contribution in [2.45, 2.75) is 13.5 Å². The molecule has 22 heavy (non-hydrogen) atoms. The number of hydrogen-bond donors (Lipinski definition) is 1. The van der Waals surface area contributed by atoms with Crippen molar-refractivity contribution in [3.05, 3.63) is 28.3 Å². The van der Waals surface area contributed by atoms with Crippen molar-refractivity contribution < 1.29 is 9.59 Å². The van der Waals surface area contributed by atoms with Crippen LogP contribution < -0.4 is 5.32 Å². The molecule has 2 heterocycles. The van der Waals surface area contributed by atoms with Crippen LogP contribution in [0.15, 0.2) is 16.9 Å². The molecule has 8 nitrogen and oxygen atoms in total. The van der Waals surface area contributed by atoms with Gasteiger partial charge >= 0.3 is 0 Å². The van der Waals surface area contributed by atoms with Crippen LogP contribution >= 0.6 is 15.9 Å². The standard InChI is InChI=1S/C13H17BrN6O2/c1-5-20-11(13(22)18(2)3)9(7-16-20)17-12(21)10-8(14)6-15-19(10)4/h6-7H,5H2,1-4H3,(H,17,21). The highest BCUT2D eigenvalue weighted by Crippen LogP contribution is 2.20. The van der Waals surface area contributed by atoms with Gasteiger partial charge in [-0.3, -0.25) is 19.0 Å². The molecule has 2 aromatic heterocycles. The van der Waals surface area contributed by atoms with Crippen LogP contribution in [-0.4, -0.2) is 50.4 Å². The summed E-state index contributed by atoms with van der Waals surface area (Å²) in [6.07, 6.45) is 3.01. The second-order valence-electron chi connectivity index (χ2n) is 4.84. The van der Waals surface area contributed by atoms with E-state index in [1.54, 1.807) is 25.8 Å². The third-order valence-electron chi connectivity index (χ3n) is 3.11. The molecule has 0 radical (unpaired) electrons. The first-order valence-corrected chi connectivity index (χ1v) is 7.42. The van der Waals surface area contributed by atoms with Gasteiger partial charge in [0.2, 0.25) is 0 Å². The van der Waals surface area contributed by atoms with Crippen molar-refractivity contribution in [3.8, 4) is 0 Å². The van der Waals surface area contributed by atoms with E-state index in [1.165, 1.54) is 22.0 Å². The first-order chi connectivity index (χ1) is 10.4. The van der Waals surface area contributed by atoms with Crippen molar-refractivity contribution in [3.63, 3.8) is 0 Å². The van der Waals surface area contributed by atoms with Crippen molar-refractivity contribution in [2.75, 3.05) is 19.4 Å². The molecule has 2 amide bonds. The first kappa shape index (κ1) is 16.2. The zero-order valence-electron chi connectivity index (χ0n) is 12.8. The highest BCUT2D eigenvalue weighted by Gasteiger charge is 2.23. The van der Waals surface area contributed by atoms with Crippen molar-refractivity contribution in [2.24, 2.45) is 7.05 Å². The Morgan fingerprint density at radius 1 is 1.27 bits per heavy atom. The van der Waals surface area contributed by atoms with Crippen LogP contribution in [0.5, 0.6) is 0 Å². The van der Waals surface area contributed by atoms with Crippen LogP contribution in [0.4, 0.5) is 5.69 Å². The van der Waals surface area contributed by atoms with E-state index in [1.807, 2.05) is 6.92 Å². The smallest absolute Gasteiger partial charge is 0.275 e. The van der Waals surface area contributed by atoms with E-state index in [0.717, 1.165) is 0 Å². The molecule has 0 atom stereocenters. The number of aryl methyl sites for hydroxylation is 2. The molecule has 0 saturated carbocycles. The number of carbonyl (C=O) groups excluding carboxylic acids is 2. The molecule has 0 bridgehead atoms. The minimum Gasteiger partial charge on any atom is -0.343 e. The Bertz CT molecular complexity index is 699. The minimum atomic E-state index is -0.365. The Labute approximate surface area is 136 Å². The predicted octanol–water partition coefficient (Wildman–Crippen LogP) is 1.35. The highest BCUT2D eigenvalue weighted by atomic mass is 79.9. The van der Waals surface area contributed by atoms with Crippen molar-refractivity contribution in [1.82, 2.24) is 24.5 Å². The number of amides is 2.